The SMILES string of the molecule is CC/C=C\C/C=C\C/C=C\CCCCCCCCC(=O)OCC(COC(=O)CCCCCCC/C=C\CCCC)OC(=O)CCCCC/C=C\CCCCCCCC. The summed E-state index contributed by atoms with van der Waals surface area (Å²) in [6, 6.07) is 0. The summed E-state index contributed by atoms with van der Waals surface area (Å²) in [5.41, 5.74) is 0. The molecule has 0 spiro atoms. The van der Waals surface area contributed by atoms with Crippen LogP contribution in [0.2, 0.25) is 0 Å². The molecule has 0 aliphatic carbocycles. The van der Waals surface area contributed by atoms with Crippen molar-refractivity contribution in [3.05, 3.63) is 60.8 Å². The van der Waals surface area contributed by atoms with E-state index in [1.165, 1.54) is 89.9 Å². The number of carbonyl (C=O) groups excluding carboxylic acids is 3. The highest BCUT2D eigenvalue weighted by Crippen LogP contribution is 2.13. The molecule has 0 aromatic carbocycles. The van der Waals surface area contributed by atoms with Gasteiger partial charge in [0.05, 0.1) is 0 Å². The largest absolute Gasteiger partial charge is 0.462 e. The first-order chi connectivity index (χ1) is 28.5. The Kier molecular flexibility index (Phi) is 44.5. The summed E-state index contributed by atoms with van der Waals surface area (Å²) in [4.78, 5) is 37.8. The van der Waals surface area contributed by atoms with Gasteiger partial charge in [-0.15, -0.1) is 0 Å². The number of hydrogen-bond donors (Lipinski definition) is 0. The normalized spacial score (nSPS) is 12.5. The van der Waals surface area contributed by atoms with Crippen molar-refractivity contribution in [1.29, 1.82) is 0 Å². The van der Waals surface area contributed by atoms with Gasteiger partial charge in [-0.1, -0.05) is 178 Å². The second kappa shape index (κ2) is 46.8. The molecule has 0 aliphatic rings. The van der Waals surface area contributed by atoms with Crippen molar-refractivity contribution in [3.63, 3.8) is 0 Å². The molecule has 0 saturated heterocycles. The number of ether oxygens (including phenoxy) is 3. The molecule has 6 nitrogen and oxygen atoms in total. The van der Waals surface area contributed by atoms with Crippen molar-refractivity contribution in [2.75, 3.05) is 13.2 Å². The minimum absolute atomic E-state index is 0.0891. The average Bonchev–Trinajstić information content (AvgIpc) is 3.22. The van der Waals surface area contributed by atoms with E-state index >= 15 is 0 Å². The minimum atomic E-state index is -0.788. The summed E-state index contributed by atoms with van der Waals surface area (Å²) in [7, 11) is 0. The van der Waals surface area contributed by atoms with Crippen molar-refractivity contribution in [2.24, 2.45) is 0 Å². The Morgan fingerprint density at radius 1 is 0.362 bits per heavy atom. The lowest BCUT2D eigenvalue weighted by atomic mass is 10.1. The lowest BCUT2D eigenvalue weighted by Crippen LogP contribution is -2.30. The second-order valence-electron chi connectivity index (χ2n) is 16.0. The van der Waals surface area contributed by atoms with Crippen molar-refractivity contribution in [2.45, 2.75) is 239 Å². The fraction of sp³-hybridized carbons (Fsp3) is 0.750. The Balaban J connectivity index is 4.41. The van der Waals surface area contributed by atoms with E-state index in [1.54, 1.807) is 0 Å². The molecule has 0 radical (unpaired) electrons. The molecule has 0 aliphatic heterocycles. The van der Waals surface area contributed by atoms with Crippen LogP contribution in [0.1, 0.15) is 233 Å². The molecule has 0 rings (SSSR count). The summed E-state index contributed by atoms with van der Waals surface area (Å²) >= 11 is 0. The van der Waals surface area contributed by atoms with Gasteiger partial charge in [0, 0.05) is 19.3 Å². The maximum absolute atomic E-state index is 12.7. The molecule has 6 heteroatoms. The maximum atomic E-state index is 12.7. The zero-order valence-corrected chi connectivity index (χ0v) is 38.0. The molecule has 0 saturated carbocycles. The van der Waals surface area contributed by atoms with E-state index in [1.807, 2.05) is 0 Å². The summed E-state index contributed by atoms with van der Waals surface area (Å²) < 4.78 is 16.7. The lowest BCUT2D eigenvalue weighted by Gasteiger charge is -2.18. The van der Waals surface area contributed by atoms with E-state index in [9.17, 15) is 14.4 Å². The third-order valence-corrected chi connectivity index (χ3v) is 10.2. The highest BCUT2D eigenvalue weighted by molar-refractivity contribution is 5.71. The van der Waals surface area contributed by atoms with Crippen LogP contribution in [0.4, 0.5) is 0 Å². The van der Waals surface area contributed by atoms with E-state index in [4.69, 9.17) is 14.2 Å². The first-order valence-electron chi connectivity index (χ1n) is 24.3. The average molecular weight is 811 g/mol. The summed E-state index contributed by atoms with van der Waals surface area (Å²) in [5.74, 6) is -0.928. The molecule has 0 aromatic rings. The van der Waals surface area contributed by atoms with Crippen LogP contribution in [0.5, 0.6) is 0 Å². The number of allylic oxidation sites excluding steroid dienone is 10. The van der Waals surface area contributed by atoms with Gasteiger partial charge in [-0.25, -0.2) is 0 Å². The van der Waals surface area contributed by atoms with Crippen LogP contribution in [-0.4, -0.2) is 37.2 Å². The van der Waals surface area contributed by atoms with E-state index in [0.29, 0.717) is 19.3 Å². The number of unbranched alkanes of at least 4 members (excludes halogenated alkanes) is 22. The summed E-state index contributed by atoms with van der Waals surface area (Å²) in [5, 5.41) is 0. The predicted molar refractivity (Wildman–Crippen MR) is 247 cm³/mol. The van der Waals surface area contributed by atoms with E-state index in [0.717, 1.165) is 103 Å². The number of esters is 3. The smallest absolute Gasteiger partial charge is 0.306 e. The molecule has 0 bridgehead atoms. The number of carbonyl (C=O) groups is 3. The zero-order chi connectivity index (χ0) is 42.3. The number of rotatable bonds is 43. The summed E-state index contributed by atoms with van der Waals surface area (Å²) in [6.07, 6.45) is 56.3. The monoisotopic (exact) mass is 811 g/mol. The van der Waals surface area contributed by atoms with Gasteiger partial charge in [-0.05, 0) is 96.3 Å². The van der Waals surface area contributed by atoms with Gasteiger partial charge in [0.2, 0.25) is 0 Å². The minimum Gasteiger partial charge on any atom is -0.462 e. The molecule has 0 N–H and O–H groups in total. The third kappa shape index (κ3) is 44.2. The molecule has 0 aromatic heterocycles. The third-order valence-electron chi connectivity index (χ3n) is 10.2. The van der Waals surface area contributed by atoms with Crippen LogP contribution in [-0.2, 0) is 28.6 Å². The Morgan fingerprint density at radius 3 is 1.14 bits per heavy atom. The molecular formula is C52H90O6. The van der Waals surface area contributed by atoms with Crippen LogP contribution >= 0.6 is 0 Å². The Morgan fingerprint density at radius 2 is 0.690 bits per heavy atom. The van der Waals surface area contributed by atoms with Gasteiger partial charge < -0.3 is 14.2 Å². The van der Waals surface area contributed by atoms with Crippen LogP contribution in [0.25, 0.3) is 0 Å². The van der Waals surface area contributed by atoms with Crippen molar-refractivity contribution >= 4 is 17.9 Å². The van der Waals surface area contributed by atoms with Gasteiger partial charge in [-0.3, -0.25) is 14.4 Å². The molecule has 0 heterocycles. The Bertz CT molecular complexity index is 1070. The van der Waals surface area contributed by atoms with Gasteiger partial charge in [0.1, 0.15) is 13.2 Å². The van der Waals surface area contributed by atoms with Crippen LogP contribution in [0.15, 0.2) is 60.8 Å². The Hall–Kier alpha value is -2.89. The van der Waals surface area contributed by atoms with Gasteiger partial charge >= 0.3 is 17.9 Å². The van der Waals surface area contributed by atoms with Gasteiger partial charge in [-0.2, -0.15) is 0 Å². The highest BCUT2D eigenvalue weighted by Gasteiger charge is 2.19. The maximum Gasteiger partial charge on any atom is 0.306 e. The fourth-order valence-electron chi connectivity index (χ4n) is 6.55. The van der Waals surface area contributed by atoms with Crippen molar-refractivity contribution in [1.82, 2.24) is 0 Å². The van der Waals surface area contributed by atoms with Crippen molar-refractivity contribution in [3.8, 4) is 0 Å². The molecule has 0 fully saturated rings. The molecular weight excluding hydrogens is 721 g/mol. The lowest BCUT2D eigenvalue weighted by molar-refractivity contribution is -0.167. The van der Waals surface area contributed by atoms with E-state index < -0.39 is 6.10 Å². The summed E-state index contributed by atoms with van der Waals surface area (Å²) in [6.45, 7) is 6.44. The van der Waals surface area contributed by atoms with Crippen LogP contribution in [0, 0.1) is 0 Å². The quantitative estimate of drug-likeness (QED) is 0.0264. The molecule has 334 valence electrons. The van der Waals surface area contributed by atoms with Crippen molar-refractivity contribution < 1.29 is 28.6 Å². The van der Waals surface area contributed by atoms with Gasteiger partial charge in [0.15, 0.2) is 6.10 Å². The molecule has 58 heavy (non-hydrogen) atoms. The van der Waals surface area contributed by atoms with E-state index in [2.05, 4.69) is 81.5 Å². The Labute approximate surface area is 358 Å². The van der Waals surface area contributed by atoms with Gasteiger partial charge in [0.25, 0.3) is 0 Å². The standard InChI is InChI=1S/C52H90O6/c1-4-7-10-13-16-19-22-24-25-26-28-30-33-36-39-42-45-51(54)57-48-49(47-56-50(53)44-41-38-35-32-29-21-18-15-12-9-6-3)58-52(55)46-43-40-37-34-31-27-23-20-17-14-11-8-5-2/h7,10,15-16,18-19,24-25,27,31,49H,4-6,8-9,11-14,17,20-23,26,28-30,32-48H2,1-3H3/b10-7-,18-15-,19-16-,25-24-,31-27-. The molecule has 0 amide bonds. The zero-order valence-electron chi connectivity index (χ0n) is 38.0. The van der Waals surface area contributed by atoms with Crippen LogP contribution < -0.4 is 0 Å². The molecule has 1 atom stereocenters. The predicted octanol–water partition coefficient (Wildman–Crippen LogP) is 15.7. The first-order valence-corrected chi connectivity index (χ1v) is 24.3. The first kappa shape index (κ1) is 55.1. The second-order valence-corrected chi connectivity index (χ2v) is 16.0. The topological polar surface area (TPSA) is 78.9 Å². The fourth-order valence-corrected chi connectivity index (χ4v) is 6.55. The molecule has 1 unspecified atom stereocenters. The number of hydrogen-bond acceptors (Lipinski definition) is 6. The highest BCUT2D eigenvalue weighted by atomic mass is 16.6. The van der Waals surface area contributed by atoms with Crippen LogP contribution in [0.3, 0.4) is 0 Å². The van der Waals surface area contributed by atoms with E-state index in [-0.39, 0.29) is 31.1 Å².